The van der Waals surface area contributed by atoms with E-state index in [1.807, 2.05) is 20.8 Å². The first kappa shape index (κ1) is 15.4. The molecule has 0 aliphatic heterocycles. The number of hydrogen-bond acceptors (Lipinski definition) is 4. The second kappa shape index (κ2) is 5.11. The molecule has 6 heteroatoms. The molecular formula is C15H18N2O3S. The number of rotatable bonds is 3. The third kappa shape index (κ3) is 3.21. The van der Waals surface area contributed by atoms with E-state index in [9.17, 15) is 13.2 Å². The predicted octanol–water partition coefficient (Wildman–Crippen LogP) is 2.52. The highest BCUT2D eigenvalue weighted by atomic mass is 32.2. The number of sulfone groups is 1. The molecule has 2 rings (SSSR count). The quantitative estimate of drug-likeness (QED) is 0.817. The Morgan fingerprint density at radius 2 is 1.71 bits per heavy atom. The zero-order valence-electron chi connectivity index (χ0n) is 12.5. The average molecular weight is 306 g/mol. The topological polar surface area (TPSA) is 69.0 Å². The lowest BCUT2D eigenvalue weighted by atomic mass is 10.1. The second-order valence-corrected chi connectivity index (χ2v) is 7.98. The summed E-state index contributed by atoms with van der Waals surface area (Å²) in [4.78, 5) is 11.5. The molecular weight excluding hydrogens is 288 g/mol. The lowest BCUT2D eigenvalue weighted by molar-refractivity contribution is 0.112. The first-order chi connectivity index (χ1) is 9.63. The van der Waals surface area contributed by atoms with Crippen LogP contribution in [0.15, 0.2) is 35.4 Å². The molecule has 1 aromatic heterocycles. The van der Waals surface area contributed by atoms with Crippen molar-refractivity contribution >= 4 is 16.1 Å². The van der Waals surface area contributed by atoms with E-state index in [2.05, 4.69) is 5.10 Å². The number of benzene rings is 1. The van der Waals surface area contributed by atoms with Gasteiger partial charge in [-0.1, -0.05) is 12.1 Å². The summed E-state index contributed by atoms with van der Waals surface area (Å²) in [6, 6.07) is 6.38. The molecule has 5 nitrogen and oxygen atoms in total. The molecule has 21 heavy (non-hydrogen) atoms. The van der Waals surface area contributed by atoms with E-state index in [-0.39, 0.29) is 10.4 Å². The van der Waals surface area contributed by atoms with Crippen LogP contribution in [0.1, 0.15) is 31.1 Å². The monoisotopic (exact) mass is 306 g/mol. The zero-order chi connectivity index (χ0) is 15.8. The molecule has 0 unspecified atom stereocenters. The molecule has 1 aromatic carbocycles. The predicted molar refractivity (Wildman–Crippen MR) is 81.2 cm³/mol. The Morgan fingerprint density at radius 1 is 1.14 bits per heavy atom. The van der Waals surface area contributed by atoms with E-state index in [4.69, 9.17) is 0 Å². The molecule has 0 aliphatic rings. The third-order valence-electron chi connectivity index (χ3n) is 3.11. The van der Waals surface area contributed by atoms with Gasteiger partial charge in [0.05, 0.1) is 16.0 Å². The van der Waals surface area contributed by atoms with Crippen molar-refractivity contribution in [1.82, 2.24) is 9.78 Å². The fraction of sp³-hybridized carbons (Fsp3) is 0.333. The summed E-state index contributed by atoms with van der Waals surface area (Å²) in [6.07, 6.45) is 3.62. The standard InChI is InChI=1S/C15H18N2O3S/c1-15(2,3)17-9-12(10-18)14(16-17)11-5-7-13(8-6-11)21(4,19)20/h5-10H,1-4H3. The number of aromatic nitrogens is 2. The molecule has 0 fully saturated rings. The van der Waals surface area contributed by atoms with Crippen molar-refractivity contribution in [3.8, 4) is 11.3 Å². The fourth-order valence-corrected chi connectivity index (χ4v) is 2.53. The van der Waals surface area contributed by atoms with Crippen LogP contribution in [0.3, 0.4) is 0 Å². The van der Waals surface area contributed by atoms with Gasteiger partial charge in [0.15, 0.2) is 16.1 Å². The van der Waals surface area contributed by atoms with Crippen LogP contribution in [0, 0.1) is 0 Å². The van der Waals surface area contributed by atoms with Gasteiger partial charge in [0, 0.05) is 18.0 Å². The highest BCUT2D eigenvalue weighted by Crippen LogP contribution is 2.25. The lowest BCUT2D eigenvalue weighted by Crippen LogP contribution is -2.22. The van der Waals surface area contributed by atoms with Crippen LogP contribution in [-0.4, -0.2) is 30.7 Å². The molecule has 0 spiro atoms. The number of carbonyl (C=O) groups is 1. The Labute approximate surface area is 124 Å². The Kier molecular flexibility index (Phi) is 3.76. The van der Waals surface area contributed by atoms with Crippen molar-refractivity contribution in [3.05, 3.63) is 36.0 Å². The van der Waals surface area contributed by atoms with E-state index in [0.29, 0.717) is 16.8 Å². The smallest absolute Gasteiger partial charge is 0.175 e. The molecule has 0 saturated carbocycles. The van der Waals surface area contributed by atoms with Gasteiger partial charge < -0.3 is 0 Å². The molecule has 0 amide bonds. The maximum atomic E-state index is 11.5. The van der Waals surface area contributed by atoms with Gasteiger partial charge in [-0.3, -0.25) is 9.48 Å². The van der Waals surface area contributed by atoms with Crippen molar-refractivity contribution in [1.29, 1.82) is 0 Å². The van der Waals surface area contributed by atoms with E-state index in [1.54, 1.807) is 23.0 Å². The van der Waals surface area contributed by atoms with Crippen LogP contribution in [-0.2, 0) is 15.4 Å². The highest BCUT2D eigenvalue weighted by Gasteiger charge is 2.19. The molecule has 0 radical (unpaired) electrons. The zero-order valence-corrected chi connectivity index (χ0v) is 13.3. The number of nitrogens with zero attached hydrogens (tertiary/aromatic N) is 2. The van der Waals surface area contributed by atoms with Gasteiger partial charge in [0.25, 0.3) is 0 Å². The van der Waals surface area contributed by atoms with Crippen molar-refractivity contribution < 1.29 is 13.2 Å². The van der Waals surface area contributed by atoms with Crippen LogP contribution in [0.25, 0.3) is 11.3 Å². The van der Waals surface area contributed by atoms with Gasteiger partial charge in [-0.2, -0.15) is 5.10 Å². The summed E-state index contributed by atoms with van der Waals surface area (Å²) in [5, 5.41) is 4.45. The van der Waals surface area contributed by atoms with Crippen molar-refractivity contribution in [2.75, 3.05) is 6.26 Å². The Bertz CT molecular complexity index is 766. The first-order valence-electron chi connectivity index (χ1n) is 6.49. The summed E-state index contributed by atoms with van der Waals surface area (Å²) < 4.78 is 24.7. The molecule has 0 bridgehead atoms. The molecule has 2 aromatic rings. The van der Waals surface area contributed by atoms with E-state index >= 15 is 0 Å². The van der Waals surface area contributed by atoms with Crippen LogP contribution in [0.2, 0.25) is 0 Å². The maximum Gasteiger partial charge on any atom is 0.175 e. The van der Waals surface area contributed by atoms with Crippen LogP contribution in [0.4, 0.5) is 0 Å². The van der Waals surface area contributed by atoms with E-state index < -0.39 is 9.84 Å². The number of carbonyl (C=O) groups excluding carboxylic acids is 1. The van der Waals surface area contributed by atoms with Gasteiger partial charge in [0.2, 0.25) is 0 Å². The summed E-state index contributed by atoms with van der Waals surface area (Å²) in [7, 11) is -3.23. The normalized spacial score (nSPS) is 12.4. The minimum atomic E-state index is -3.23. The summed E-state index contributed by atoms with van der Waals surface area (Å²) in [6.45, 7) is 5.97. The number of hydrogen-bond donors (Lipinski definition) is 0. The minimum absolute atomic E-state index is 0.233. The van der Waals surface area contributed by atoms with Crippen molar-refractivity contribution in [2.24, 2.45) is 0 Å². The van der Waals surface area contributed by atoms with Gasteiger partial charge in [-0.05, 0) is 32.9 Å². The van der Waals surface area contributed by atoms with Gasteiger partial charge in [0.1, 0.15) is 5.69 Å². The van der Waals surface area contributed by atoms with Crippen LogP contribution in [0.5, 0.6) is 0 Å². The number of aldehydes is 1. The third-order valence-corrected chi connectivity index (χ3v) is 4.24. The second-order valence-electron chi connectivity index (χ2n) is 5.96. The van der Waals surface area contributed by atoms with Crippen molar-refractivity contribution in [3.63, 3.8) is 0 Å². The molecule has 0 saturated heterocycles. The molecule has 0 N–H and O–H groups in total. The summed E-state index contributed by atoms with van der Waals surface area (Å²) >= 11 is 0. The Morgan fingerprint density at radius 3 is 2.14 bits per heavy atom. The first-order valence-corrected chi connectivity index (χ1v) is 8.38. The van der Waals surface area contributed by atoms with Gasteiger partial charge in [-0.15, -0.1) is 0 Å². The SMILES string of the molecule is CC(C)(C)n1cc(C=O)c(-c2ccc(S(C)(=O)=O)cc2)n1. The van der Waals surface area contributed by atoms with Gasteiger partial charge in [-0.25, -0.2) is 8.42 Å². The van der Waals surface area contributed by atoms with Crippen molar-refractivity contribution in [2.45, 2.75) is 31.2 Å². The molecule has 0 atom stereocenters. The molecule has 0 aliphatic carbocycles. The van der Waals surface area contributed by atoms with Crippen LogP contribution < -0.4 is 0 Å². The Hall–Kier alpha value is -1.95. The maximum absolute atomic E-state index is 11.5. The molecule has 112 valence electrons. The van der Waals surface area contributed by atoms with Crippen LogP contribution >= 0.6 is 0 Å². The summed E-state index contributed by atoms with van der Waals surface area (Å²) in [5.74, 6) is 0. The average Bonchev–Trinajstić information content (AvgIpc) is 2.81. The highest BCUT2D eigenvalue weighted by molar-refractivity contribution is 7.90. The van der Waals surface area contributed by atoms with E-state index in [1.165, 1.54) is 12.1 Å². The Balaban J connectivity index is 2.52. The van der Waals surface area contributed by atoms with E-state index in [0.717, 1.165) is 12.5 Å². The minimum Gasteiger partial charge on any atom is -0.298 e. The molecule has 1 heterocycles. The summed E-state index contributed by atoms with van der Waals surface area (Å²) in [5.41, 5.74) is 1.52. The largest absolute Gasteiger partial charge is 0.298 e. The lowest BCUT2D eigenvalue weighted by Gasteiger charge is -2.18. The fourth-order valence-electron chi connectivity index (χ4n) is 1.90. The van der Waals surface area contributed by atoms with Gasteiger partial charge >= 0.3 is 0 Å².